The van der Waals surface area contributed by atoms with E-state index < -0.39 is 23.4 Å². The Morgan fingerprint density at radius 3 is 2.35 bits per heavy atom. The average molecular weight is 433 g/mol. The molecule has 0 aliphatic heterocycles. The smallest absolute Gasteiger partial charge is 0.114 e. The molecule has 4 N–H and O–H groups in total. The van der Waals surface area contributed by atoms with E-state index in [-0.39, 0.29) is 0 Å². The molecule has 3 aliphatic carbocycles. The summed E-state index contributed by atoms with van der Waals surface area (Å²) in [4.78, 5) is 0. The maximum absolute atomic E-state index is 10.2. The van der Waals surface area contributed by atoms with E-state index in [1.165, 1.54) is 38.2 Å². The maximum atomic E-state index is 10.2. The van der Waals surface area contributed by atoms with Gasteiger partial charge in [0.2, 0.25) is 0 Å². The molecule has 3 aliphatic rings. The minimum Gasteiger partial charge on any atom is -0.390 e. The Kier molecular flexibility index (Phi) is 7.27. The van der Waals surface area contributed by atoms with Crippen LogP contribution >= 0.6 is 0 Å². The van der Waals surface area contributed by atoms with Crippen molar-refractivity contribution in [1.29, 1.82) is 0 Å². The van der Waals surface area contributed by atoms with Crippen molar-refractivity contribution in [2.75, 3.05) is 0 Å². The highest BCUT2D eigenvalue weighted by atomic mass is 16.4. The normalized spacial score (nSPS) is 41.6. The molecule has 0 bridgehead atoms. The van der Waals surface area contributed by atoms with E-state index in [0.29, 0.717) is 42.4 Å². The van der Waals surface area contributed by atoms with Gasteiger partial charge in [-0.2, -0.15) is 0 Å². The summed E-state index contributed by atoms with van der Waals surface area (Å²) in [5.74, 6) is 1.75. The third-order valence-corrected chi connectivity index (χ3v) is 8.52. The van der Waals surface area contributed by atoms with Gasteiger partial charge in [0.25, 0.3) is 0 Å². The molecule has 0 radical (unpaired) electrons. The van der Waals surface area contributed by atoms with Crippen molar-refractivity contribution in [3.8, 4) is 0 Å². The van der Waals surface area contributed by atoms with Gasteiger partial charge in [-0.05, 0) is 95.3 Å². The van der Waals surface area contributed by atoms with Gasteiger partial charge in [0.05, 0.1) is 17.8 Å². The molecular formula is C27H44O4. The fraction of sp³-hybridized carbons (Fsp3) is 0.778. The van der Waals surface area contributed by atoms with E-state index in [1.54, 1.807) is 0 Å². The van der Waals surface area contributed by atoms with Crippen molar-refractivity contribution in [3.63, 3.8) is 0 Å². The van der Waals surface area contributed by atoms with Crippen molar-refractivity contribution in [1.82, 2.24) is 0 Å². The van der Waals surface area contributed by atoms with Gasteiger partial charge in [0.1, 0.15) is 5.60 Å². The number of aliphatic hydroxyl groups is 4. The third kappa shape index (κ3) is 5.35. The third-order valence-electron chi connectivity index (χ3n) is 8.52. The lowest BCUT2D eigenvalue weighted by Gasteiger charge is -2.44. The fourth-order valence-electron chi connectivity index (χ4n) is 6.42. The number of rotatable bonds is 5. The Morgan fingerprint density at radius 2 is 1.74 bits per heavy atom. The Balaban J connectivity index is 1.72. The van der Waals surface area contributed by atoms with Gasteiger partial charge in [0, 0.05) is 0 Å². The first-order chi connectivity index (χ1) is 14.3. The van der Waals surface area contributed by atoms with Crippen LogP contribution in [0.25, 0.3) is 0 Å². The second-order valence-corrected chi connectivity index (χ2v) is 11.6. The van der Waals surface area contributed by atoms with Crippen LogP contribution in [0, 0.1) is 23.2 Å². The molecule has 0 aromatic rings. The predicted molar refractivity (Wildman–Crippen MR) is 125 cm³/mol. The Hall–Kier alpha value is -0.940. The van der Waals surface area contributed by atoms with Crippen LogP contribution in [0.1, 0.15) is 86.0 Å². The topological polar surface area (TPSA) is 80.9 Å². The Labute approximate surface area is 188 Å². The van der Waals surface area contributed by atoms with Crippen LogP contribution in [-0.4, -0.2) is 43.8 Å². The minimum absolute atomic E-state index is 0.302. The first-order valence-electron chi connectivity index (χ1n) is 12.2. The second-order valence-electron chi connectivity index (χ2n) is 11.6. The van der Waals surface area contributed by atoms with Crippen LogP contribution in [-0.2, 0) is 0 Å². The number of hydrogen-bond acceptors (Lipinski definition) is 4. The molecule has 4 heteroatoms. The zero-order chi connectivity index (χ0) is 23.0. The van der Waals surface area contributed by atoms with E-state index in [9.17, 15) is 20.4 Å². The number of hydrogen-bond donors (Lipinski definition) is 4. The van der Waals surface area contributed by atoms with Crippen molar-refractivity contribution < 1.29 is 20.4 Å². The summed E-state index contributed by atoms with van der Waals surface area (Å²) in [6.07, 6.45) is 14.6. The molecule has 31 heavy (non-hydrogen) atoms. The van der Waals surface area contributed by atoms with Gasteiger partial charge in [-0.1, -0.05) is 49.3 Å². The lowest BCUT2D eigenvalue weighted by Crippen LogP contribution is -2.52. The van der Waals surface area contributed by atoms with Crippen molar-refractivity contribution in [3.05, 3.63) is 35.5 Å². The Morgan fingerprint density at radius 1 is 1.10 bits per heavy atom. The molecule has 3 fully saturated rings. The van der Waals surface area contributed by atoms with Crippen LogP contribution < -0.4 is 0 Å². The zero-order valence-corrected chi connectivity index (χ0v) is 20.1. The van der Waals surface area contributed by atoms with E-state index in [1.807, 2.05) is 13.8 Å². The van der Waals surface area contributed by atoms with Gasteiger partial charge in [-0.25, -0.2) is 0 Å². The van der Waals surface area contributed by atoms with Crippen LogP contribution in [0.3, 0.4) is 0 Å². The molecule has 0 aromatic heterocycles. The van der Waals surface area contributed by atoms with Crippen molar-refractivity contribution in [2.45, 2.75) is 109 Å². The molecule has 176 valence electrons. The van der Waals surface area contributed by atoms with Gasteiger partial charge in [-0.3, -0.25) is 0 Å². The van der Waals surface area contributed by atoms with E-state index in [0.717, 1.165) is 12.0 Å². The molecule has 0 saturated heterocycles. The summed E-state index contributed by atoms with van der Waals surface area (Å²) in [7, 11) is 0. The summed E-state index contributed by atoms with van der Waals surface area (Å²) in [6, 6.07) is 0. The highest BCUT2D eigenvalue weighted by Gasteiger charge is 2.50. The predicted octanol–water partition coefficient (Wildman–Crippen LogP) is 4.68. The molecule has 4 nitrogen and oxygen atoms in total. The highest BCUT2D eigenvalue weighted by molar-refractivity contribution is 5.27. The Bertz CT molecular complexity index is 710. The summed E-state index contributed by atoms with van der Waals surface area (Å²) >= 11 is 0. The monoisotopic (exact) mass is 432 g/mol. The van der Waals surface area contributed by atoms with Crippen LogP contribution in [0.4, 0.5) is 0 Å². The molecule has 0 amide bonds. The standard InChI is InChI=1S/C27H44O4/c1-18(8-6-14-25(2,3)30)21-12-13-22-20(9-7-15-26(21,22)4)11-10-19-16-23(28)27(5,31)24(29)17-19/h6,8,10-11,18,21-24,28-31H,7,9,12-17H2,1-5H3/t18-,21?,22?,23-,24-,26?,27?/m1/s1. The maximum Gasteiger partial charge on any atom is 0.114 e. The largest absolute Gasteiger partial charge is 0.390 e. The van der Waals surface area contributed by atoms with E-state index in [4.69, 9.17) is 0 Å². The average Bonchev–Trinajstić information content (AvgIpc) is 3.01. The van der Waals surface area contributed by atoms with Crippen LogP contribution in [0.5, 0.6) is 0 Å². The summed E-state index contributed by atoms with van der Waals surface area (Å²) in [5, 5.41) is 40.7. The van der Waals surface area contributed by atoms with Gasteiger partial charge >= 0.3 is 0 Å². The van der Waals surface area contributed by atoms with Crippen molar-refractivity contribution >= 4 is 0 Å². The molecule has 6 atom stereocenters. The number of aliphatic hydroxyl groups excluding tert-OH is 2. The van der Waals surface area contributed by atoms with Crippen LogP contribution in [0.15, 0.2) is 35.5 Å². The van der Waals surface area contributed by atoms with Gasteiger partial charge in [-0.15, -0.1) is 0 Å². The summed E-state index contributed by atoms with van der Waals surface area (Å²) < 4.78 is 0. The molecular weight excluding hydrogens is 388 g/mol. The first-order valence-corrected chi connectivity index (χ1v) is 12.2. The lowest BCUT2D eigenvalue weighted by atomic mass is 9.61. The first kappa shape index (κ1) is 24.7. The fourth-order valence-corrected chi connectivity index (χ4v) is 6.42. The number of fused-ring (bicyclic) bond motifs is 1. The summed E-state index contributed by atoms with van der Waals surface area (Å²) in [6.45, 7) is 10.0. The van der Waals surface area contributed by atoms with Crippen LogP contribution in [0.2, 0.25) is 0 Å². The second kappa shape index (κ2) is 9.13. The number of allylic oxidation sites excluding steroid dienone is 4. The SMILES string of the molecule is C[C@H](C=CCC(C)(C)O)C1CCC2C(=CC=C3C[C@@H](O)C(C)(O)[C@H](O)C3)CCCC21C. The minimum atomic E-state index is -1.43. The molecule has 0 heterocycles. The molecule has 3 saturated carbocycles. The van der Waals surface area contributed by atoms with E-state index >= 15 is 0 Å². The van der Waals surface area contributed by atoms with Crippen molar-refractivity contribution in [2.24, 2.45) is 23.2 Å². The van der Waals surface area contributed by atoms with Gasteiger partial charge < -0.3 is 20.4 Å². The lowest BCUT2D eigenvalue weighted by molar-refractivity contribution is -0.144. The molecule has 0 aromatic carbocycles. The molecule has 3 rings (SSSR count). The molecule has 3 unspecified atom stereocenters. The molecule has 0 spiro atoms. The van der Waals surface area contributed by atoms with E-state index in [2.05, 4.69) is 38.2 Å². The summed E-state index contributed by atoms with van der Waals surface area (Å²) in [5.41, 5.74) is 0.750. The quantitative estimate of drug-likeness (QED) is 0.476. The highest BCUT2D eigenvalue weighted by Crippen LogP contribution is 2.59. The van der Waals surface area contributed by atoms with Gasteiger partial charge in [0.15, 0.2) is 0 Å². The zero-order valence-electron chi connectivity index (χ0n) is 20.1.